The number of nitro benzene ring substituents is 1. The van der Waals surface area contributed by atoms with Gasteiger partial charge in [0.2, 0.25) is 0 Å². The summed E-state index contributed by atoms with van der Waals surface area (Å²) in [5, 5.41) is 30.2. The molecule has 1 fully saturated rings. The quantitative estimate of drug-likeness (QED) is 0.598. The van der Waals surface area contributed by atoms with E-state index >= 15 is 0 Å². The Kier molecular flexibility index (Phi) is 4.28. The van der Waals surface area contributed by atoms with Gasteiger partial charge >= 0.3 is 5.97 Å². The zero-order valence-corrected chi connectivity index (χ0v) is 10.5. The molecule has 2 atom stereocenters. The third-order valence-electron chi connectivity index (χ3n) is 3.06. The molecule has 108 valence electrons. The van der Waals surface area contributed by atoms with E-state index in [2.05, 4.69) is 0 Å². The van der Waals surface area contributed by atoms with Gasteiger partial charge in [-0.2, -0.15) is 5.06 Å². The molecule has 0 bridgehead atoms. The van der Waals surface area contributed by atoms with Crippen LogP contribution in [-0.2, 0) is 16.2 Å². The average Bonchev–Trinajstić information content (AvgIpc) is 2.78. The molecule has 1 aromatic carbocycles. The van der Waals surface area contributed by atoms with E-state index in [0.29, 0.717) is 5.56 Å². The van der Waals surface area contributed by atoms with Crippen molar-refractivity contribution in [2.75, 3.05) is 6.54 Å². The Bertz CT molecular complexity index is 503. The summed E-state index contributed by atoms with van der Waals surface area (Å²) < 4.78 is 0. The number of rotatable bonds is 5. The predicted octanol–water partition coefficient (Wildman–Crippen LogP) is 0.546. The maximum absolute atomic E-state index is 11.0. The van der Waals surface area contributed by atoms with Crippen LogP contribution in [0.3, 0.4) is 0 Å². The van der Waals surface area contributed by atoms with E-state index in [4.69, 9.17) is 9.94 Å². The molecule has 0 radical (unpaired) electrons. The van der Waals surface area contributed by atoms with Gasteiger partial charge in [-0.1, -0.05) is 0 Å². The van der Waals surface area contributed by atoms with E-state index in [1.807, 2.05) is 0 Å². The van der Waals surface area contributed by atoms with Crippen LogP contribution in [-0.4, -0.2) is 44.9 Å². The van der Waals surface area contributed by atoms with Crippen LogP contribution >= 0.6 is 0 Å². The molecule has 0 amide bonds. The minimum Gasteiger partial charge on any atom is -0.480 e. The van der Waals surface area contributed by atoms with Crippen LogP contribution in [0.4, 0.5) is 5.69 Å². The van der Waals surface area contributed by atoms with Gasteiger partial charge in [-0.3, -0.25) is 19.7 Å². The molecule has 20 heavy (non-hydrogen) atoms. The zero-order valence-electron chi connectivity index (χ0n) is 10.5. The van der Waals surface area contributed by atoms with Crippen molar-refractivity contribution in [3.8, 4) is 0 Å². The molecule has 1 heterocycles. The van der Waals surface area contributed by atoms with Gasteiger partial charge in [0.05, 0.1) is 24.2 Å². The smallest absolute Gasteiger partial charge is 0.323 e. The standard InChI is InChI=1S/C12H14N2O6/c15-10-5-11(12(16)17)13(6-10)20-7-8-1-3-9(4-2-8)14(18)19/h1-4,10-11,15H,5-7H2,(H,16,17)/t10-,11+/m1/s1. The Morgan fingerprint density at radius 2 is 2.10 bits per heavy atom. The summed E-state index contributed by atoms with van der Waals surface area (Å²) >= 11 is 0. The summed E-state index contributed by atoms with van der Waals surface area (Å²) in [6, 6.07) is 4.92. The molecule has 1 saturated heterocycles. The number of aliphatic hydroxyl groups excluding tert-OH is 1. The summed E-state index contributed by atoms with van der Waals surface area (Å²) in [6.45, 7) is 0.221. The normalized spacial score (nSPS) is 22.9. The van der Waals surface area contributed by atoms with Crippen molar-refractivity contribution in [3.05, 3.63) is 39.9 Å². The van der Waals surface area contributed by atoms with E-state index in [-0.39, 0.29) is 25.3 Å². The van der Waals surface area contributed by atoms with Gasteiger partial charge in [0.15, 0.2) is 0 Å². The van der Waals surface area contributed by atoms with Crippen LogP contribution in [0.2, 0.25) is 0 Å². The van der Waals surface area contributed by atoms with E-state index in [9.17, 15) is 20.0 Å². The highest BCUT2D eigenvalue weighted by molar-refractivity contribution is 5.73. The number of carboxylic acid groups (broad SMARTS) is 1. The van der Waals surface area contributed by atoms with Gasteiger partial charge in [-0.05, 0) is 17.7 Å². The Labute approximate surface area is 114 Å². The Morgan fingerprint density at radius 3 is 2.65 bits per heavy atom. The summed E-state index contributed by atoms with van der Waals surface area (Å²) in [5.74, 6) is -1.05. The van der Waals surface area contributed by atoms with Crippen LogP contribution in [0.25, 0.3) is 0 Å². The molecule has 2 N–H and O–H groups in total. The molecular formula is C12H14N2O6. The molecule has 0 spiro atoms. The van der Waals surface area contributed by atoms with E-state index in [0.717, 1.165) is 0 Å². The summed E-state index contributed by atoms with van der Waals surface area (Å²) in [4.78, 5) is 26.3. The summed E-state index contributed by atoms with van der Waals surface area (Å²) in [5.41, 5.74) is 0.662. The van der Waals surface area contributed by atoms with Crippen LogP contribution < -0.4 is 0 Å². The van der Waals surface area contributed by atoms with Gasteiger partial charge in [0, 0.05) is 18.6 Å². The van der Waals surface area contributed by atoms with Crippen molar-refractivity contribution >= 4 is 11.7 Å². The molecule has 8 nitrogen and oxygen atoms in total. The van der Waals surface area contributed by atoms with E-state index < -0.39 is 23.0 Å². The number of hydroxylamine groups is 2. The van der Waals surface area contributed by atoms with Gasteiger partial charge in [-0.25, -0.2) is 0 Å². The Morgan fingerprint density at radius 1 is 1.45 bits per heavy atom. The number of hydrogen-bond acceptors (Lipinski definition) is 6. The molecule has 0 aliphatic carbocycles. The second-order valence-corrected chi connectivity index (χ2v) is 4.54. The molecule has 0 saturated carbocycles. The van der Waals surface area contributed by atoms with E-state index in [1.54, 1.807) is 12.1 Å². The highest BCUT2D eigenvalue weighted by atomic mass is 16.7. The van der Waals surface area contributed by atoms with Crippen molar-refractivity contribution in [3.63, 3.8) is 0 Å². The number of carboxylic acids is 1. The number of aliphatic hydroxyl groups is 1. The largest absolute Gasteiger partial charge is 0.480 e. The van der Waals surface area contributed by atoms with Crippen molar-refractivity contribution in [2.24, 2.45) is 0 Å². The topological polar surface area (TPSA) is 113 Å². The number of β-amino-alcohol motifs (C(OH)–C–C–N with tert-alkyl or cyclic N) is 1. The third-order valence-corrected chi connectivity index (χ3v) is 3.06. The maximum Gasteiger partial charge on any atom is 0.323 e. The first-order valence-corrected chi connectivity index (χ1v) is 6.01. The molecule has 1 aromatic rings. The first kappa shape index (κ1) is 14.4. The monoisotopic (exact) mass is 282 g/mol. The van der Waals surface area contributed by atoms with Gasteiger partial charge in [-0.15, -0.1) is 0 Å². The highest BCUT2D eigenvalue weighted by Crippen LogP contribution is 2.20. The number of non-ortho nitro benzene ring substituents is 1. The van der Waals surface area contributed by atoms with Crippen molar-refractivity contribution in [2.45, 2.75) is 25.2 Å². The molecule has 2 rings (SSSR count). The number of carbonyl (C=O) groups is 1. The molecule has 0 unspecified atom stereocenters. The number of nitrogens with zero attached hydrogens (tertiary/aromatic N) is 2. The fraction of sp³-hybridized carbons (Fsp3) is 0.417. The van der Waals surface area contributed by atoms with Crippen molar-refractivity contribution < 1.29 is 24.8 Å². The van der Waals surface area contributed by atoms with Gasteiger partial charge < -0.3 is 10.2 Å². The predicted molar refractivity (Wildman–Crippen MR) is 66.6 cm³/mol. The lowest BCUT2D eigenvalue weighted by atomic mass is 10.2. The molecule has 1 aliphatic rings. The minimum atomic E-state index is -1.05. The van der Waals surface area contributed by atoms with Crippen LogP contribution in [0, 0.1) is 10.1 Å². The minimum absolute atomic E-state index is 0.0197. The van der Waals surface area contributed by atoms with Crippen LogP contribution in [0.5, 0.6) is 0 Å². The lowest BCUT2D eigenvalue weighted by Gasteiger charge is -2.20. The number of aliphatic carboxylic acids is 1. The first-order chi connectivity index (χ1) is 9.47. The van der Waals surface area contributed by atoms with Crippen LogP contribution in [0.15, 0.2) is 24.3 Å². The van der Waals surface area contributed by atoms with Gasteiger partial charge in [0.25, 0.3) is 5.69 Å². The SMILES string of the molecule is O=C(O)[C@@H]1C[C@@H](O)CN1OCc1ccc([N+](=O)[O-])cc1. The fourth-order valence-corrected chi connectivity index (χ4v) is 2.02. The van der Waals surface area contributed by atoms with Crippen molar-refractivity contribution in [1.82, 2.24) is 5.06 Å². The Balaban J connectivity index is 1.94. The van der Waals surface area contributed by atoms with E-state index in [1.165, 1.54) is 17.2 Å². The first-order valence-electron chi connectivity index (χ1n) is 6.01. The molecule has 1 aliphatic heterocycles. The lowest BCUT2D eigenvalue weighted by molar-refractivity contribution is -0.384. The second-order valence-electron chi connectivity index (χ2n) is 4.54. The molecule has 8 heteroatoms. The average molecular weight is 282 g/mol. The molecule has 0 aromatic heterocycles. The third kappa shape index (κ3) is 3.29. The molecular weight excluding hydrogens is 268 g/mol. The van der Waals surface area contributed by atoms with Crippen LogP contribution in [0.1, 0.15) is 12.0 Å². The maximum atomic E-state index is 11.0. The second kappa shape index (κ2) is 5.95. The Hall–Kier alpha value is -2.03. The lowest BCUT2D eigenvalue weighted by Crippen LogP contribution is -2.35. The zero-order chi connectivity index (χ0) is 14.7. The number of hydrogen-bond donors (Lipinski definition) is 2. The van der Waals surface area contributed by atoms with Crippen molar-refractivity contribution in [1.29, 1.82) is 0 Å². The van der Waals surface area contributed by atoms with Gasteiger partial charge in [0.1, 0.15) is 6.04 Å². The number of benzene rings is 1. The summed E-state index contributed by atoms with van der Waals surface area (Å²) in [6.07, 6.45) is -0.608. The fourth-order valence-electron chi connectivity index (χ4n) is 2.02. The summed E-state index contributed by atoms with van der Waals surface area (Å²) in [7, 11) is 0. The highest BCUT2D eigenvalue weighted by Gasteiger charge is 2.37. The number of nitro groups is 1.